The number of carbonyl (C=O) groups excluding carboxylic acids is 1. The largest absolute Gasteiger partial charge is 0.470 e. The van der Waals surface area contributed by atoms with Gasteiger partial charge in [-0.3, -0.25) is 10.1 Å². The van der Waals surface area contributed by atoms with Crippen LogP contribution in [0, 0.1) is 10.1 Å². The van der Waals surface area contributed by atoms with Crippen molar-refractivity contribution in [1.29, 1.82) is 0 Å². The molecule has 0 unspecified atom stereocenters. The molecule has 10 heteroatoms. The summed E-state index contributed by atoms with van der Waals surface area (Å²) in [7, 11) is 0. The Balaban J connectivity index is 2.18. The van der Waals surface area contributed by atoms with Crippen LogP contribution in [0.25, 0.3) is 0 Å². The van der Waals surface area contributed by atoms with Gasteiger partial charge < -0.3 is 19.3 Å². The van der Waals surface area contributed by atoms with E-state index in [1.807, 2.05) is 0 Å². The first-order valence-electron chi connectivity index (χ1n) is 7.76. The Hall–Kier alpha value is -2.65. The predicted octanol–water partition coefficient (Wildman–Crippen LogP) is 1.45. The molecule has 132 valence electrons. The van der Waals surface area contributed by atoms with Crippen LogP contribution in [0.2, 0.25) is 0 Å². The lowest BCUT2D eigenvalue weighted by molar-refractivity contribution is -0.385. The lowest BCUT2D eigenvalue weighted by Crippen LogP contribution is -2.49. The first-order valence-corrected chi connectivity index (χ1v) is 7.76. The zero-order valence-electron chi connectivity index (χ0n) is 14.0. The summed E-state index contributed by atoms with van der Waals surface area (Å²) in [5.74, 6) is 0.155. The molecule has 1 aromatic heterocycles. The molecule has 2 heterocycles. The fraction of sp³-hybridized carbons (Fsp3) is 0.643. The first-order chi connectivity index (χ1) is 11.4. The highest BCUT2D eigenvalue weighted by Crippen LogP contribution is 2.34. The molecular formula is C14H21N5O5. The Bertz CT molecular complexity index is 601. The molecule has 0 aromatic carbocycles. The predicted molar refractivity (Wildman–Crippen MR) is 85.3 cm³/mol. The van der Waals surface area contributed by atoms with E-state index in [1.54, 1.807) is 30.6 Å². The Morgan fingerprint density at radius 3 is 2.54 bits per heavy atom. The molecule has 0 spiro atoms. The summed E-state index contributed by atoms with van der Waals surface area (Å²) >= 11 is 0. The first kappa shape index (κ1) is 17.7. The third kappa shape index (κ3) is 4.00. The summed E-state index contributed by atoms with van der Waals surface area (Å²) in [6.45, 7) is 7.23. The van der Waals surface area contributed by atoms with Crippen molar-refractivity contribution in [2.45, 2.75) is 26.9 Å². The molecule has 0 saturated carbocycles. The lowest BCUT2D eigenvalue weighted by Gasteiger charge is -2.34. The molecule has 2 rings (SSSR count). The molecule has 0 bridgehead atoms. The fourth-order valence-electron chi connectivity index (χ4n) is 2.37. The van der Waals surface area contributed by atoms with Gasteiger partial charge in [0.25, 0.3) is 5.88 Å². The van der Waals surface area contributed by atoms with Gasteiger partial charge in [0.2, 0.25) is 5.82 Å². The van der Waals surface area contributed by atoms with Gasteiger partial charge in [-0.15, -0.1) is 0 Å². The van der Waals surface area contributed by atoms with Gasteiger partial charge in [-0.25, -0.2) is 9.78 Å². The van der Waals surface area contributed by atoms with Gasteiger partial charge in [-0.05, 0) is 20.8 Å². The van der Waals surface area contributed by atoms with Crippen molar-refractivity contribution in [3.63, 3.8) is 0 Å². The number of carbonyl (C=O) groups is 1. The van der Waals surface area contributed by atoms with Crippen LogP contribution < -0.4 is 9.64 Å². The van der Waals surface area contributed by atoms with Crippen molar-refractivity contribution in [1.82, 2.24) is 14.9 Å². The minimum absolute atomic E-state index is 0.0483. The molecule has 0 radical (unpaired) electrons. The second-order valence-corrected chi connectivity index (χ2v) is 5.45. The Morgan fingerprint density at radius 2 is 2.00 bits per heavy atom. The van der Waals surface area contributed by atoms with Crippen molar-refractivity contribution >= 4 is 17.6 Å². The molecule has 24 heavy (non-hydrogen) atoms. The standard InChI is InChI=1S/C14H21N5O5/c1-4-23-14(20)18-7-5-17(6-8-18)12-11(19(21)22)13(16-9-15-12)24-10(2)3/h9-10H,4-8H2,1-3H3. The fourth-order valence-corrected chi connectivity index (χ4v) is 2.37. The highest BCUT2D eigenvalue weighted by atomic mass is 16.6. The number of nitrogens with zero attached hydrogens (tertiary/aromatic N) is 5. The van der Waals surface area contributed by atoms with E-state index < -0.39 is 4.92 Å². The van der Waals surface area contributed by atoms with E-state index >= 15 is 0 Å². The normalized spacial score (nSPS) is 14.7. The van der Waals surface area contributed by atoms with Crippen molar-refractivity contribution < 1.29 is 19.2 Å². The second-order valence-electron chi connectivity index (χ2n) is 5.45. The van der Waals surface area contributed by atoms with Crippen LogP contribution in [0.5, 0.6) is 5.88 Å². The minimum Gasteiger partial charge on any atom is -0.470 e. The minimum atomic E-state index is -0.537. The van der Waals surface area contributed by atoms with Crippen molar-refractivity contribution in [3.05, 3.63) is 16.4 Å². The van der Waals surface area contributed by atoms with Crippen LogP contribution in [0.4, 0.5) is 16.3 Å². The molecule has 1 aliphatic rings. The summed E-state index contributed by atoms with van der Waals surface area (Å²) in [6.07, 6.45) is 0.628. The summed E-state index contributed by atoms with van der Waals surface area (Å²) in [6, 6.07) is 0. The number of rotatable bonds is 5. The number of piperazine rings is 1. The molecule has 1 amide bonds. The van der Waals surface area contributed by atoms with Gasteiger partial charge in [-0.1, -0.05) is 0 Å². The van der Waals surface area contributed by atoms with Gasteiger partial charge in [-0.2, -0.15) is 4.98 Å². The monoisotopic (exact) mass is 339 g/mol. The Labute approximate surface area is 139 Å². The Kier molecular flexibility index (Phi) is 5.72. The van der Waals surface area contributed by atoms with Crippen LogP contribution in [-0.2, 0) is 4.74 Å². The van der Waals surface area contributed by atoms with Crippen molar-refractivity contribution in [2.75, 3.05) is 37.7 Å². The van der Waals surface area contributed by atoms with Crippen LogP contribution in [0.1, 0.15) is 20.8 Å². The smallest absolute Gasteiger partial charge is 0.409 e. The van der Waals surface area contributed by atoms with Gasteiger partial charge in [0.15, 0.2) is 0 Å². The number of nitro groups is 1. The number of hydrogen-bond acceptors (Lipinski definition) is 8. The second kappa shape index (κ2) is 7.75. The van der Waals surface area contributed by atoms with E-state index in [2.05, 4.69) is 9.97 Å². The maximum Gasteiger partial charge on any atom is 0.409 e. The van der Waals surface area contributed by atoms with Gasteiger partial charge >= 0.3 is 11.8 Å². The van der Waals surface area contributed by atoms with Crippen molar-refractivity contribution in [3.8, 4) is 5.88 Å². The van der Waals surface area contributed by atoms with E-state index in [0.29, 0.717) is 32.8 Å². The van der Waals surface area contributed by atoms with Crippen LogP contribution in [0.15, 0.2) is 6.33 Å². The van der Waals surface area contributed by atoms with E-state index in [1.165, 1.54) is 6.33 Å². The van der Waals surface area contributed by atoms with Crippen molar-refractivity contribution in [2.24, 2.45) is 0 Å². The molecule has 1 saturated heterocycles. The van der Waals surface area contributed by atoms with E-state index in [0.717, 1.165) is 0 Å². The quantitative estimate of drug-likeness (QED) is 0.585. The molecule has 1 fully saturated rings. The maximum atomic E-state index is 11.7. The number of amides is 1. The van der Waals surface area contributed by atoms with Gasteiger partial charge in [0.05, 0.1) is 17.6 Å². The zero-order chi connectivity index (χ0) is 17.7. The average Bonchev–Trinajstić information content (AvgIpc) is 2.54. The van der Waals surface area contributed by atoms with Crippen LogP contribution in [-0.4, -0.2) is 64.8 Å². The van der Waals surface area contributed by atoms with Gasteiger partial charge in [0, 0.05) is 26.2 Å². The third-order valence-electron chi connectivity index (χ3n) is 3.40. The van der Waals surface area contributed by atoms with E-state index in [-0.39, 0.29) is 29.6 Å². The summed E-state index contributed by atoms with van der Waals surface area (Å²) in [4.78, 5) is 33.9. The highest BCUT2D eigenvalue weighted by molar-refractivity contribution is 5.69. The van der Waals surface area contributed by atoms with Crippen LogP contribution >= 0.6 is 0 Å². The topological polar surface area (TPSA) is 111 Å². The summed E-state index contributed by atoms with van der Waals surface area (Å²) < 4.78 is 10.4. The molecular weight excluding hydrogens is 318 g/mol. The van der Waals surface area contributed by atoms with Crippen LogP contribution in [0.3, 0.4) is 0 Å². The lowest BCUT2D eigenvalue weighted by atomic mass is 10.3. The number of hydrogen-bond donors (Lipinski definition) is 0. The molecule has 1 aliphatic heterocycles. The molecule has 10 nitrogen and oxygen atoms in total. The van der Waals surface area contributed by atoms with E-state index in [4.69, 9.17) is 9.47 Å². The zero-order valence-corrected chi connectivity index (χ0v) is 14.0. The molecule has 1 aromatic rings. The Morgan fingerprint density at radius 1 is 1.33 bits per heavy atom. The number of anilines is 1. The molecule has 0 aliphatic carbocycles. The summed E-state index contributed by atoms with van der Waals surface area (Å²) in [5, 5.41) is 11.5. The average molecular weight is 339 g/mol. The molecule has 0 N–H and O–H groups in total. The highest BCUT2D eigenvalue weighted by Gasteiger charge is 2.31. The molecule has 0 atom stereocenters. The summed E-state index contributed by atoms with van der Waals surface area (Å²) in [5.41, 5.74) is -0.254. The third-order valence-corrected chi connectivity index (χ3v) is 3.40. The SMILES string of the molecule is CCOC(=O)N1CCN(c2ncnc(OC(C)C)c2[N+](=O)[O-])CC1. The number of aromatic nitrogens is 2. The van der Waals surface area contributed by atoms with Gasteiger partial charge in [0.1, 0.15) is 6.33 Å². The maximum absolute atomic E-state index is 11.7. The number of ether oxygens (including phenoxy) is 2. The van der Waals surface area contributed by atoms with E-state index in [9.17, 15) is 14.9 Å².